The number of rotatable bonds is 3. The number of hydrogen-bond acceptors (Lipinski definition) is 3. The zero-order valence-corrected chi connectivity index (χ0v) is 13.5. The van der Waals surface area contributed by atoms with Gasteiger partial charge in [-0.3, -0.25) is 0 Å². The van der Waals surface area contributed by atoms with Crippen molar-refractivity contribution < 1.29 is 8.42 Å². The van der Waals surface area contributed by atoms with Crippen molar-refractivity contribution in [3.8, 4) is 6.07 Å². The van der Waals surface area contributed by atoms with Gasteiger partial charge in [-0.25, -0.2) is 8.42 Å². The lowest BCUT2D eigenvalue weighted by Gasteiger charge is -2.05. The Morgan fingerprint density at radius 1 is 1.14 bits per heavy atom. The average molecular weight is 332 g/mol. The predicted octanol–water partition coefficient (Wildman–Crippen LogP) is 3.73. The van der Waals surface area contributed by atoms with E-state index >= 15 is 0 Å². The summed E-state index contributed by atoms with van der Waals surface area (Å²) in [5, 5.41) is 9.14. The van der Waals surface area contributed by atoms with Gasteiger partial charge in [0.1, 0.15) is 0 Å². The first kappa shape index (κ1) is 15.1. The number of nitrogens with zero attached hydrogens (tertiary/aromatic N) is 1. The fourth-order valence-electron chi connectivity index (χ4n) is 2.82. The van der Waals surface area contributed by atoms with Gasteiger partial charge in [0.2, 0.25) is 0 Å². The van der Waals surface area contributed by atoms with Crippen LogP contribution in [-0.4, -0.2) is 13.7 Å². The molecule has 1 aliphatic rings. The Labute approximate surface area is 135 Å². The summed E-state index contributed by atoms with van der Waals surface area (Å²) in [6.45, 7) is 1.90. The molecule has 1 fully saturated rings. The standard InChI is InChI=1S/C17H14ClNO2S/c1-11-5-7-14(8-6-11)22(20,21)17-15(10-19)16(17)12-3-2-4-13(18)9-12/h2-9,15-17H,1H3/t15-,16-,17+/m0/s1. The largest absolute Gasteiger partial charge is 0.223 e. The Bertz CT molecular complexity index is 853. The van der Waals surface area contributed by atoms with E-state index in [1.165, 1.54) is 0 Å². The summed E-state index contributed by atoms with van der Waals surface area (Å²) in [5.41, 5.74) is 1.80. The van der Waals surface area contributed by atoms with Gasteiger partial charge < -0.3 is 0 Å². The van der Waals surface area contributed by atoms with Gasteiger partial charge in [-0.15, -0.1) is 0 Å². The predicted molar refractivity (Wildman–Crippen MR) is 85.4 cm³/mol. The van der Waals surface area contributed by atoms with Crippen LogP contribution in [-0.2, 0) is 9.84 Å². The normalized spacial score (nSPS) is 23.8. The Morgan fingerprint density at radius 2 is 1.82 bits per heavy atom. The van der Waals surface area contributed by atoms with E-state index in [-0.39, 0.29) is 10.8 Å². The zero-order chi connectivity index (χ0) is 15.9. The highest BCUT2D eigenvalue weighted by molar-refractivity contribution is 7.92. The maximum atomic E-state index is 12.8. The van der Waals surface area contributed by atoms with Crippen LogP contribution in [0.3, 0.4) is 0 Å². The molecule has 0 unspecified atom stereocenters. The fourth-order valence-corrected chi connectivity index (χ4v) is 5.09. The van der Waals surface area contributed by atoms with E-state index in [1.54, 1.807) is 42.5 Å². The molecule has 1 aliphatic carbocycles. The van der Waals surface area contributed by atoms with Crippen LogP contribution < -0.4 is 0 Å². The smallest absolute Gasteiger partial charge is 0.183 e. The van der Waals surface area contributed by atoms with Crippen molar-refractivity contribution >= 4 is 21.4 Å². The molecule has 0 N–H and O–H groups in total. The number of halogens is 1. The summed E-state index contributed by atoms with van der Waals surface area (Å²) < 4.78 is 25.5. The molecule has 112 valence electrons. The minimum absolute atomic E-state index is 0.271. The molecule has 2 aromatic rings. The average Bonchev–Trinajstić information content (AvgIpc) is 3.23. The van der Waals surface area contributed by atoms with Crippen LogP contribution in [0.25, 0.3) is 0 Å². The third kappa shape index (κ3) is 2.51. The van der Waals surface area contributed by atoms with Gasteiger partial charge in [0.25, 0.3) is 0 Å². The maximum absolute atomic E-state index is 12.8. The molecule has 0 heterocycles. The van der Waals surface area contributed by atoms with Crippen LogP contribution >= 0.6 is 11.6 Å². The first-order chi connectivity index (χ1) is 10.4. The van der Waals surface area contributed by atoms with E-state index in [0.717, 1.165) is 11.1 Å². The van der Waals surface area contributed by atoms with E-state index < -0.39 is 21.0 Å². The number of benzene rings is 2. The van der Waals surface area contributed by atoms with Gasteiger partial charge in [-0.05, 0) is 36.8 Å². The fraction of sp³-hybridized carbons (Fsp3) is 0.235. The van der Waals surface area contributed by atoms with Gasteiger partial charge >= 0.3 is 0 Å². The first-order valence-corrected chi connectivity index (χ1v) is 8.83. The monoisotopic (exact) mass is 331 g/mol. The molecule has 0 bridgehead atoms. The van der Waals surface area contributed by atoms with E-state index in [2.05, 4.69) is 6.07 Å². The molecule has 3 atom stereocenters. The van der Waals surface area contributed by atoms with Crippen molar-refractivity contribution in [3.63, 3.8) is 0 Å². The Kier molecular flexibility index (Phi) is 3.72. The second-order valence-electron chi connectivity index (χ2n) is 5.56. The molecule has 3 nitrogen and oxygen atoms in total. The van der Waals surface area contributed by atoms with Gasteiger partial charge in [0.05, 0.1) is 22.1 Å². The second kappa shape index (κ2) is 5.42. The third-order valence-electron chi connectivity index (χ3n) is 4.04. The minimum atomic E-state index is -3.52. The number of nitriles is 1. The van der Waals surface area contributed by atoms with Crippen LogP contribution in [0.2, 0.25) is 5.02 Å². The van der Waals surface area contributed by atoms with Crippen molar-refractivity contribution in [3.05, 3.63) is 64.7 Å². The summed E-state index contributed by atoms with van der Waals surface area (Å²) in [7, 11) is -3.52. The van der Waals surface area contributed by atoms with Gasteiger partial charge in [-0.2, -0.15) is 5.26 Å². The lowest BCUT2D eigenvalue weighted by Crippen LogP contribution is -2.10. The van der Waals surface area contributed by atoms with Crippen molar-refractivity contribution in [1.29, 1.82) is 5.26 Å². The summed E-state index contributed by atoms with van der Waals surface area (Å²) in [4.78, 5) is 0.271. The number of aryl methyl sites for hydroxylation is 1. The second-order valence-corrected chi connectivity index (χ2v) is 8.10. The molecular formula is C17H14ClNO2S. The molecule has 0 spiro atoms. The van der Waals surface area contributed by atoms with Crippen molar-refractivity contribution in [1.82, 2.24) is 0 Å². The summed E-state index contributed by atoms with van der Waals surface area (Å²) in [5.74, 6) is -0.834. The Hall–Kier alpha value is -1.83. The molecule has 22 heavy (non-hydrogen) atoms. The lowest BCUT2D eigenvalue weighted by atomic mass is 10.1. The van der Waals surface area contributed by atoms with Crippen LogP contribution in [0, 0.1) is 24.2 Å². The third-order valence-corrected chi connectivity index (χ3v) is 6.51. The molecule has 0 aliphatic heterocycles. The van der Waals surface area contributed by atoms with E-state index in [4.69, 9.17) is 11.6 Å². The topological polar surface area (TPSA) is 57.9 Å². The van der Waals surface area contributed by atoms with Crippen LogP contribution in [0.15, 0.2) is 53.4 Å². The first-order valence-electron chi connectivity index (χ1n) is 6.91. The van der Waals surface area contributed by atoms with Crippen LogP contribution in [0.5, 0.6) is 0 Å². The van der Waals surface area contributed by atoms with Crippen molar-refractivity contribution in [2.45, 2.75) is 23.0 Å². The molecule has 3 rings (SSSR count). The van der Waals surface area contributed by atoms with Gasteiger partial charge in [0, 0.05) is 10.9 Å². The summed E-state index contributed by atoms with van der Waals surface area (Å²) in [6.07, 6.45) is 0. The van der Waals surface area contributed by atoms with E-state index in [0.29, 0.717) is 5.02 Å². The molecule has 0 radical (unpaired) electrons. The van der Waals surface area contributed by atoms with Crippen LogP contribution in [0.1, 0.15) is 17.0 Å². The minimum Gasteiger partial charge on any atom is -0.223 e. The number of sulfone groups is 1. The maximum Gasteiger partial charge on any atom is 0.183 e. The van der Waals surface area contributed by atoms with E-state index in [9.17, 15) is 13.7 Å². The number of hydrogen-bond donors (Lipinski definition) is 0. The summed E-state index contributed by atoms with van der Waals surface area (Å²) >= 11 is 5.97. The highest BCUT2D eigenvalue weighted by atomic mass is 35.5. The molecule has 0 saturated heterocycles. The summed E-state index contributed by atoms with van der Waals surface area (Å²) in [6, 6.07) is 15.9. The highest BCUT2D eigenvalue weighted by Crippen LogP contribution is 2.53. The molecular weight excluding hydrogens is 318 g/mol. The van der Waals surface area contributed by atoms with Gasteiger partial charge in [0.15, 0.2) is 9.84 Å². The quantitative estimate of drug-likeness (QED) is 0.861. The molecule has 5 heteroatoms. The van der Waals surface area contributed by atoms with Gasteiger partial charge in [-0.1, -0.05) is 41.4 Å². The highest BCUT2D eigenvalue weighted by Gasteiger charge is 2.59. The van der Waals surface area contributed by atoms with E-state index in [1.807, 2.05) is 13.0 Å². The zero-order valence-electron chi connectivity index (χ0n) is 11.9. The molecule has 2 aromatic carbocycles. The van der Waals surface area contributed by atoms with Crippen molar-refractivity contribution in [2.24, 2.45) is 5.92 Å². The lowest BCUT2D eigenvalue weighted by molar-refractivity contribution is 0.593. The SMILES string of the molecule is Cc1ccc(S(=O)(=O)[C@@H]2[C@@H](C#N)[C@@H]2c2cccc(Cl)c2)cc1. The molecule has 0 amide bonds. The Morgan fingerprint density at radius 3 is 2.41 bits per heavy atom. The molecule has 0 aromatic heterocycles. The molecule has 1 saturated carbocycles. The Balaban J connectivity index is 1.98. The van der Waals surface area contributed by atoms with Crippen LogP contribution in [0.4, 0.5) is 0 Å². The van der Waals surface area contributed by atoms with Crippen molar-refractivity contribution in [2.75, 3.05) is 0 Å².